The number of nitrogens with two attached hydrogens (primary N) is 1. The van der Waals surface area contributed by atoms with Gasteiger partial charge in [-0.25, -0.2) is 0 Å². The Balaban J connectivity index is 1.84. The average molecular weight is 432 g/mol. The number of thiophene rings is 1. The molecule has 168 valence electrons. The van der Waals surface area contributed by atoms with Crippen molar-refractivity contribution in [1.82, 2.24) is 0 Å². The minimum absolute atomic E-state index is 0.259. The molecule has 0 spiro atoms. The topological polar surface area (TPSA) is 60.2 Å². The van der Waals surface area contributed by atoms with Crippen molar-refractivity contribution in [1.29, 1.82) is 0 Å². The van der Waals surface area contributed by atoms with E-state index in [-0.39, 0.29) is 5.78 Å². The van der Waals surface area contributed by atoms with E-state index in [1.807, 2.05) is 12.1 Å². The van der Waals surface area contributed by atoms with E-state index in [1.165, 1.54) is 120 Å². The SMILES string of the molecule is NC(=O)C=Cc1ccc(C(=O)CC2CCCCCCCCCCCCCCCC2)s1. The summed E-state index contributed by atoms with van der Waals surface area (Å²) in [5.74, 6) is 0.312. The van der Waals surface area contributed by atoms with E-state index >= 15 is 0 Å². The highest BCUT2D eigenvalue weighted by Gasteiger charge is 2.16. The molecule has 1 amide bonds. The van der Waals surface area contributed by atoms with Crippen LogP contribution in [0, 0.1) is 5.92 Å². The minimum Gasteiger partial charge on any atom is -0.366 e. The van der Waals surface area contributed by atoms with Gasteiger partial charge in [0.15, 0.2) is 5.78 Å². The molecule has 1 heterocycles. The van der Waals surface area contributed by atoms with Crippen molar-refractivity contribution < 1.29 is 9.59 Å². The predicted molar refractivity (Wildman–Crippen MR) is 129 cm³/mol. The average Bonchev–Trinajstić information content (AvgIpc) is 3.20. The van der Waals surface area contributed by atoms with E-state index in [0.717, 1.165) is 9.75 Å². The van der Waals surface area contributed by atoms with Gasteiger partial charge in [0.1, 0.15) is 0 Å². The first kappa shape index (κ1) is 24.8. The zero-order valence-corrected chi connectivity index (χ0v) is 19.5. The maximum Gasteiger partial charge on any atom is 0.241 e. The van der Waals surface area contributed by atoms with Crippen LogP contribution in [0.4, 0.5) is 0 Å². The van der Waals surface area contributed by atoms with E-state index in [2.05, 4.69) is 0 Å². The van der Waals surface area contributed by atoms with Gasteiger partial charge in [-0.3, -0.25) is 9.59 Å². The molecule has 3 nitrogen and oxygen atoms in total. The molecule has 0 unspecified atom stereocenters. The molecule has 2 rings (SSSR count). The Bertz CT molecular complexity index is 631. The number of carbonyl (C=O) groups excluding carboxylic acids is 2. The summed E-state index contributed by atoms with van der Waals surface area (Å²) in [7, 11) is 0. The first-order valence-electron chi connectivity index (χ1n) is 12.3. The molecule has 1 aliphatic rings. The van der Waals surface area contributed by atoms with Crippen LogP contribution in [0.5, 0.6) is 0 Å². The maximum atomic E-state index is 12.9. The van der Waals surface area contributed by atoms with E-state index in [4.69, 9.17) is 5.73 Å². The molecule has 30 heavy (non-hydrogen) atoms. The highest BCUT2D eigenvalue weighted by molar-refractivity contribution is 7.14. The fourth-order valence-electron chi connectivity index (χ4n) is 4.46. The van der Waals surface area contributed by atoms with Gasteiger partial charge in [-0.1, -0.05) is 103 Å². The number of hydrogen-bond acceptors (Lipinski definition) is 3. The Morgan fingerprint density at radius 1 is 0.800 bits per heavy atom. The van der Waals surface area contributed by atoms with Crippen LogP contribution in [0.25, 0.3) is 6.08 Å². The van der Waals surface area contributed by atoms with Crippen LogP contribution in [-0.4, -0.2) is 11.7 Å². The highest BCUT2D eigenvalue weighted by Crippen LogP contribution is 2.27. The number of Topliss-reactive ketones (excluding diaryl/α,β-unsaturated/α-hetero) is 1. The minimum atomic E-state index is -0.460. The number of carbonyl (C=O) groups is 2. The Labute approximate surface area is 187 Å². The van der Waals surface area contributed by atoms with Crippen LogP contribution in [0.2, 0.25) is 0 Å². The van der Waals surface area contributed by atoms with Gasteiger partial charge in [0.25, 0.3) is 0 Å². The number of hydrogen-bond donors (Lipinski definition) is 1. The van der Waals surface area contributed by atoms with Crippen LogP contribution >= 0.6 is 11.3 Å². The third kappa shape index (κ3) is 11.1. The quantitative estimate of drug-likeness (QED) is 0.383. The van der Waals surface area contributed by atoms with Crippen LogP contribution in [0.3, 0.4) is 0 Å². The maximum absolute atomic E-state index is 12.9. The summed E-state index contributed by atoms with van der Waals surface area (Å²) in [5, 5.41) is 0. The smallest absolute Gasteiger partial charge is 0.241 e. The zero-order valence-electron chi connectivity index (χ0n) is 18.7. The fourth-order valence-corrected chi connectivity index (χ4v) is 5.31. The van der Waals surface area contributed by atoms with E-state index in [1.54, 1.807) is 6.08 Å². The number of ketones is 1. The summed E-state index contributed by atoms with van der Waals surface area (Å²) in [6.07, 6.45) is 25.1. The lowest BCUT2D eigenvalue weighted by Gasteiger charge is -2.16. The molecule has 1 fully saturated rings. The molecular formula is C26H41NO2S. The summed E-state index contributed by atoms with van der Waals surface area (Å²) in [4.78, 5) is 25.5. The molecule has 0 bridgehead atoms. The molecule has 2 N–H and O–H groups in total. The second-order valence-corrected chi connectivity index (χ2v) is 10.1. The summed E-state index contributed by atoms with van der Waals surface area (Å²) in [5.41, 5.74) is 5.16. The Kier molecular flexibility index (Phi) is 12.7. The molecular weight excluding hydrogens is 390 g/mol. The van der Waals surface area contributed by atoms with Gasteiger partial charge in [-0.2, -0.15) is 0 Å². The number of amides is 1. The summed E-state index contributed by atoms with van der Waals surface area (Å²) >= 11 is 1.46. The van der Waals surface area contributed by atoms with Crippen molar-refractivity contribution in [3.8, 4) is 0 Å². The second kappa shape index (κ2) is 15.4. The first-order valence-corrected chi connectivity index (χ1v) is 13.1. The molecule has 4 heteroatoms. The second-order valence-electron chi connectivity index (χ2n) is 8.96. The van der Waals surface area contributed by atoms with Crippen molar-refractivity contribution in [3.63, 3.8) is 0 Å². The van der Waals surface area contributed by atoms with E-state index < -0.39 is 5.91 Å². The monoisotopic (exact) mass is 431 g/mol. The lowest BCUT2D eigenvalue weighted by atomic mass is 9.89. The third-order valence-electron chi connectivity index (χ3n) is 6.26. The van der Waals surface area contributed by atoms with Crippen molar-refractivity contribution in [3.05, 3.63) is 28.0 Å². The van der Waals surface area contributed by atoms with E-state index in [0.29, 0.717) is 12.3 Å². The molecule has 1 aromatic heterocycles. The van der Waals surface area contributed by atoms with Gasteiger partial charge < -0.3 is 5.73 Å². The normalized spacial score (nSPS) is 19.5. The molecule has 0 aliphatic heterocycles. The van der Waals surface area contributed by atoms with E-state index in [9.17, 15) is 9.59 Å². The van der Waals surface area contributed by atoms with Crippen LogP contribution in [0.15, 0.2) is 18.2 Å². The largest absolute Gasteiger partial charge is 0.366 e. The molecule has 1 saturated carbocycles. The van der Waals surface area contributed by atoms with Crippen molar-refractivity contribution in [2.75, 3.05) is 0 Å². The van der Waals surface area contributed by atoms with Crippen molar-refractivity contribution in [2.45, 2.75) is 109 Å². The van der Waals surface area contributed by atoms with Crippen molar-refractivity contribution >= 4 is 29.1 Å². The molecule has 1 aliphatic carbocycles. The molecule has 0 radical (unpaired) electrons. The molecule has 0 atom stereocenters. The fraction of sp³-hybridized carbons (Fsp3) is 0.692. The standard InChI is InChI=1S/C26H41NO2S/c27-26(29)20-18-23-17-19-25(30-23)24(28)21-22-15-13-11-9-7-5-3-1-2-4-6-8-10-12-14-16-22/h17-20,22H,1-16,21H2,(H2,27,29). The lowest BCUT2D eigenvalue weighted by molar-refractivity contribution is -0.113. The zero-order chi connectivity index (χ0) is 21.4. The molecule has 0 saturated heterocycles. The Morgan fingerprint density at radius 3 is 1.73 bits per heavy atom. The van der Waals surface area contributed by atoms with Gasteiger partial charge in [0.2, 0.25) is 5.91 Å². The van der Waals surface area contributed by atoms with Gasteiger partial charge in [0.05, 0.1) is 4.88 Å². The predicted octanol–water partition coefficient (Wildman–Crippen LogP) is 7.69. The number of primary amides is 1. The van der Waals surface area contributed by atoms with Crippen LogP contribution < -0.4 is 5.73 Å². The Hall–Kier alpha value is -1.42. The summed E-state index contributed by atoms with van der Waals surface area (Å²) in [6, 6.07) is 3.80. The first-order chi connectivity index (χ1) is 14.6. The summed E-state index contributed by atoms with van der Waals surface area (Å²) in [6.45, 7) is 0. The van der Waals surface area contributed by atoms with Gasteiger partial charge in [-0.15, -0.1) is 11.3 Å². The van der Waals surface area contributed by atoms with Crippen molar-refractivity contribution in [2.24, 2.45) is 11.7 Å². The summed E-state index contributed by atoms with van der Waals surface area (Å²) < 4.78 is 0. The van der Waals surface area contributed by atoms with Crippen LogP contribution in [0.1, 0.15) is 124 Å². The lowest BCUT2D eigenvalue weighted by Crippen LogP contribution is -2.08. The van der Waals surface area contributed by atoms with Gasteiger partial charge in [0, 0.05) is 17.4 Å². The van der Waals surface area contributed by atoms with Gasteiger partial charge >= 0.3 is 0 Å². The Morgan fingerprint density at radius 2 is 1.27 bits per heavy atom. The molecule has 0 aromatic carbocycles. The van der Waals surface area contributed by atoms with Crippen LogP contribution in [-0.2, 0) is 4.79 Å². The number of rotatable bonds is 5. The molecule has 1 aromatic rings. The third-order valence-corrected chi connectivity index (χ3v) is 7.35. The highest BCUT2D eigenvalue weighted by atomic mass is 32.1. The van der Waals surface area contributed by atoms with Gasteiger partial charge in [-0.05, 0) is 24.1 Å².